The third-order valence-corrected chi connectivity index (χ3v) is 4.40. The summed E-state index contributed by atoms with van der Waals surface area (Å²) in [6, 6.07) is 13.4. The van der Waals surface area contributed by atoms with Crippen LogP contribution in [-0.2, 0) is 11.2 Å². The Morgan fingerprint density at radius 1 is 1.19 bits per heavy atom. The molecule has 1 atom stereocenters. The molecular weight excluding hydrogens is 347 g/mol. The predicted molar refractivity (Wildman–Crippen MR) is 98.8 cm³/mol. The molecule has 0 aliphatic carbocycles. The minimum Gasteiger partial charge on any atom is -0.426 e. The fourth-order valence-electron chi connectivity index (χ4n) is 2.66. The molecule has 3 aromatic rings. The Morgan fingerprint density at radius 2 is 1.93 bits per heavy atom. The number of aromatic nitrogens is 2. The van der Waals surface area contributed by atoms with Gasteiger partial charge in [-0.15, -0.1) is 0 Å². The van der Waals surface area contributed by atoms with Crippen LogP contribution in [0.2, 0.25) is 0 Å². The monoisotopic (exact) mass is 368 g/mol. The molecule has 140 valence electrons. The van der Waals surface area contributed by atoms with Gasteiger partial charge in [-0.3, -0.25) is 4.79 Å². The Labute approximate surface area is 157 Å². The van der Waals surface area contributed by atoms with Crippen LogP contribution >= 0.6 is 0 Å². The quantitative estimate of drug-likeness (QED) is 0.437. The maximum atomic E-state index is 13.0. The van der Waals surface area contributed by atoms with Gasteiger partial charge in [0.25, 0.3) is 0 Å². The van der Waals surface area contributed by atoms with Crippen molar-refractivity contribution in [3.05, 3.63) is 65.8 Å². The average molecular weight is 368 g/mol. The van der Waals surface area contributed by atoms with Gasteiger partial charge in [0, 0.05) is 12.0 Å². The van der Waals surface area contributed by atoms with E-state index in [1.54, 1.807) is 18.2 Å². The number of nitrogens with zero attached hydrogens (tertiary/aromatic N) is 2. The second-order valence-electron chi connectivity index (χ2n) is 6.34. The van der Waals surface area contributed by atoms with E-state index < -0.39 is 0 Å². The molecule has 5 nitrogen and oxygen atoms in total. The van der Waals surface area contributed by atoms with Crippen LogP contribution < -0.4 is 4.74 Å². The van der Waals surface area contributed by atoms with Crippen molar-refractivity contribution < 1.29 is 18.4 Å². The number of benzene rings is 2. The van der Waals surface area contributed by atoms with Crippen LogP contribution in [-0.4, -0.2) is 16.1 Å². The SMILES string of the molecule is CCC(C)c1ccccc1OC(=O)CCc1nc(-c2ccc(F)cc2)no1. The van der Waals surface area contributed by atoms with Gasteiger partial charge in [0.05, 0.1) is 6.42 Å². The highest BCUT2D eigenvalue weighted by molar-refractivity contribution is 5.73. The van der Waals surface area contributed by atoms with Crippen LogP contribution in [0.1, 0.15) is 44.1 Å². The highest BCUT2D eigenvalue weighted by Crippen LogP contribution is 2.28. The zero-order valence-electron chi connectivity index (χ0n) is 15.3. The number of aryl methyl sites for hydroxylation is 1. The molecule has 0 spiro atoms. The van der Waals surface area contributed by atoms with Crippen LogP contribution in [0.3, 0.4) is 0 Å². The van der Waals surface area contributed by atoms with Gasteiger partial charge < -0.3 is 9.26 Å². The molecule has 0 radical (unpaired) electrons. The van der Waals surface area contributed by atoms with Crippen molar-refractivity contribution >= 4 is 5.97 Å². The van der Waals surface area contributed by atoms with Crippen LogP contribution in [0.5, 0.6) is 5.75 Å². The summed E-state index contributed by atoms with van der Waals surface area (Å²) in [4.78, 5) is 16.4. The topological polar surface area (TPSA) is 65.2 Å². The molecule has 0 saturated heterocycles. The van der Waals surface area contributed by atoms with Gasteiger partial charge in [-0.25, -0.2) is 4.39 Å². The molecule has 3 rings (SSSR count). The Bertz CT molecular complexity index is 906. The highest BCUT2D eigenvalue weighted by atomic mass is 19.1. The molecule has 0 aliphatic rings. The van der Waals surface area contributed by atoms with Crippen molar-refractivity contribution in [2.75, 3.05) is 0 Å². The number of esters is 1. The largest absolute Gasteiger partial charge is 0.426 e. The normalized spacial score (nSPS) is 12.0. The summed E-state index contributed by atoms with van der Waals surface area (Å²) in [6.07, 6.45) is 1.36. The lowest BCUT2D eigenvalue weighted by Gasteiger charge is -2.14. The maximum absolute atomic E-state index is 13.0. The molecule has 0 fully saturated rings. The second-order valence-corrected chi connectivity index (χ2v) is 6.34. The van der Waals surface area contributed by atoms with Crippen molar-refractivity contribution in [3.8, 4) is 17.1 Å². The summed E-state index contributed by atoms with van der Waals surface area (Å²) < 4.78 is 23.7. The Hall–Kier alpha value is -3.02. The summed E-state index contributed by atoms with van der Waals surface area (Å²) in [5, 5.41) is 3.87. The zero-order chi connectivity index (χ0) is 19.2. The molecular formula is C21H21FN2O3. The van der Waals surface area contributed by atoms with E-state index in [2.05, 4.69) is 24.0 Å². The fraction of sp³-hybridized carbons (Fsp3) is 0.286. The molecule has 0 aliphatic heterocycles. The van der Waals surface area contributed by atoms with E-state index in [4.69, 9.17) is 9.26 Å². The van der Waals surface area contributed by atoms with Gasteiger partial charge in [-0.1, -0.05) is 37.2 Å². The van der Waals surface area contributed by atoms with Gasteiger partial charge >= 0.3 is 5.97 Å². The molecule has 27 heavy (non-hydrogen) atoms. The van der Waals surface area contributed by atoms with Crippen molar-refractivity contribution in [1.29, 1.82) is 0 Å². The minimum atomic E-state index is -0.354. The molecule has 1 aromatic heterocycles. The van der Waals surface area contributed by atoms with Crippen molar-refractivity contribution in [3.63, 3.8) is 0 Å². The summed E-state index contributed by atoms with van der Waals surface area (Å²) in [5.74, 6) is 0.912. The van der Waals surface area contributed by atoms with E-state index >= 15 is 0 Å². The fourth-order valence-corrected chi connectivity index (χ4v) is 2.66. The molecule has 0 saturated carbocycles. The second kappa shape index (κ2) is 8.58. The van der Waals surface area contributed by atoms with Gasteiger partial charge in [0.2, 0.25) is 11.7 Å². The van der Waals surface area contributed by atoms with E-state index in [9.17, 15) is 9.18 Å². The first-order valence-electron chi connectivity index (χ1n) is 8.95. The summed E-state index contributed by atoms with van der Waals surface area (Å²) in [5.41, 5.74) is 1.67. The number of para-hydroxylation sites is 1. The lowest BCUT2D eigenvalue weighted by molar-refractivity contribution is -0.134. The lowest BCUT2D eigenvalue weighted by atomic mass is 9.98. The van der Waals surface area contributed by atoms with Crippen molar-refractivity contribution in [1.82, 2.24) is 10.1 Å². The van der Waals surface area contributed by atoms with Crippen molar-refractivity contribution in [2.24, 2.45) is 0 Å². The van der Waals surface area contributed by atoms with Crippen molar-refractivity contribution in [2.45, 2.75) is 39.0 Å². The first kappa shape index (κ1) is 18.8. The van der Waals surface area contributed by atoms with Gasteiger partial charge in [-0.2, -0.15) is 4.98 Å². The van der Waals surface area contributed by atoms with E-state index in [0.717, 1.165) is 12.0 Å². The van der Waals surface area contributed by atoms with Crippen LogP contribution in [0.25, 0.3) is 11.4 Å². The lowest BCUT2D eigenvalue weighted by Crippen LogP contribution is -2.11. The van der Waals surface area contributed by atoms with E-state index in [-0.39, 0.29) is 24.6 Å². The first-order chi connectivity index (χ1) is 13.1. The first-order valence-corrected chi connectivity index (χ1v) is 8.95. The number of carbonyl (C=O) groups excluding carboxylic acids is 1. The number of hydrogen-bond donors (Lipinski definition) is 0. The summed E-state index contributed by atoms with van der Waals surface area (Å²) in [6.45, 7) is 4.19. The molecule has 0 N–H and O–H groups in total. The standard InChI is InChI=1S/C21H21FN2O3/c1-3-14(2)17-6-4-5-7-18(17)26-20(25)13-12-19-23-21(24-27-19)15-8-10-16(22)11-9-15/h4-11,14H,3,12-13H2,1-2H3. The Kier molecular flexibility index (Phi) is 5.96. The Balaban J connectivity index is 1.60. The molecule has 0 amide bonds. The Morgan fingerprint density at radius 3 is 2.67 bits per heavy atom. The smallest absolute Gasteiger partial charge is 0.311 e. The van der Waals surface area contributed by atoms with Crippen LogP contribution in [0.15, 0.2) is 53.1 Å². The minimum absolute atomic E-state index is 0.125. The molecule has 6 heteroatoms. The van der Waals surface area contributed by atoms with E-state index in [0.29, 0.717) is 28.9 Å². The van der Waals surface area contributed by atoms with Crippen LogP contribution in [0, 0.1) is 5.82 Å². The maximum Gasteiger partial charge on any atom is 0.311 e. The van der Waals surface area contributed by atoms with E-state index in [1.165, 1.54) is 12.1 Å². The predicted octanol–water partition coefficient (Wildman–Crippen LogP) is 4.93. The summed E-state index contributed by atoms with van der Waals surface area (Å²) in [7, 11) is 0. The molecule has 1 unspecified atom stereocenters. The zero-order valence-corrected chi connectivity index (χ0v) is 15.3. The van der Waals surface area contributed by atoms with Gasteiger partial charge in [0.1, 0.15) is 11.6 Å². The van der Waals surface area contributed by atoms with Gasteiger partial charge in [0.15, 0.2) is 0 Å². The number of carbonyl (C=O) groups is 1. The number of halogens is 1. The van der Waals surface area contributed by atoms with E-state index in [1.807, 2.05) is 18.2 Å². The third-order valence-electron chi connectivity index (χ3n) is 4.40. The van der Waals surface area contributed by atoms with Gasteiger partial charge in [-0.05, 0) is 48.2 Å². The summed E-state index contributed by atoms with van der Waals surface area (Å²) >= 11 is 0. The molecule has 0 bridgehead atoms. The average Bonchev–Trinajstić information content (AvgIpc) is 3.16. The third kappa shape index (κ3) is 4.78. The number of hydrogen-bond acceptors (Lipinski definition) is 5. The molecule has 2 aromatic carbocycles. The molecule has 1 heterocycles. The highest BCUT2D eigenvalue weighted by Gasteiger charge is 2.15. The number of rotatable bonds is 7. The number of ether oxygens (including phenoxy) is 1. The van der Waals surface area contributed by atoms with Crippen LogP contribution in [0.4, 0.5) is 4.39 Å².